The first-order valence-corrected chi connectivity index (χ1v) is 9.89. The van der Waals surface area contributed by atoms with Crippen molar-refractivity contribution >= 4 is 11.6 Å². The van der Waals surface area contributed by atoms with Gasteiger partial charge in [0.05, 0.1) is 12.6 Å². The number of carbonyl (C=O) groups is 1. The number of hydrogen-bond donors (Lipinski definition) is 2. The highest BCUT2D eigenvalue weighted by Gasteiger charge is 2.32. The Bertz CT molecular complexity index is 611. The zero-order valence-corrected chi connectivity index (χ0v) is 16.2. The first kappa shape index (κ1) is 20.3. The van der Waals surface area contributed by atoms with Crippen molar-refractivity contribution in [2.45, 2.75) is 64.5 Å². The number of nitrogens with one attached hydrogen (secondary N) is 2. The number of para-hydroxylation sites is 1. The topological polar surface area (TPSA) is 68.2 Å². The number of anilines is 1. The summed E-state index contributed by atoms with van der Waals surface area (Å²) in [6.07, 6.45) is 5.83. The Morgan fingerprint density at radius 2 is 1.81 bits per heavy atom. The van der Waals surface area contributed by atoms with Gasteiger partial charge in [0.1, 0.15) is 5.54 Å². The van der Waals surface area contributed by atoms with Gasteiger partial charge < -0.3 is 10.6 Å². The average molecular weight is 357 g/mol. The van der Waals surface area contributed by atoms with Crippen LogP contribution in [-0.2, 0) is 11.3 Å². The Balaban J connectivity index is 1.95. The largest absolute Gasteiger partial charge is 0.376 e. The van der Waals surface area contributed by atoms with Gasteiger partial charge in [0.15, 0.2) is 0 Å². The highest BCUT2D eigenvalue weighted by Crippen LogP contribution is 2.26. The highest BCUT2D eigenvalue weighted by molar-refractivity contribution is 5.82. The van der Waals surface area contributed by atoms with Gasteiger partial charge in [-0.3, -0.25) is 9.69 Å². The Hall–Kier alpha value is -2.06. The standard InChI is InChI=1S/C21H32N4O/c1-3-25(4-2)16-18-11-7-8-12-19(18)23-15-20(26)24-21(17-22)13-9-5-6-10-14-21/h7-8,11-12,23H,3-6,9-10,13-16H2,1-2H3,(H,24,26). The minimum atomic E-state index is -0.685. The third kappa shape index (κ3) is 5.74. The lowest BCUT2D eigenvalue weighted by molar-refractivity contribution is -0.120. The molecule has 2 rings (SSSR count). The average Bonchev–Trinajstić information content (AvgIpc) is 2.91. The predicted molar refractivity (Wildman–Crippen MR) is 106 cm³/mol. The van der Waals surface area contributed by atoms with Crippen LogP contribution in [0.4, 0.5) is 5.69 Å². The van der Waals surface area contributed by atoms with Crippen LogP contribution in [0.25, 0.3) is 0 Å². The summed E-state index contributed by atoms with van der Waals surface area (Å²) in [5.41, 5.74) is 1.49. The van der Waals surface area contributed by atoms with Crippen molar-refractivity contribution in [2.24, 2.45) is 0 Å². The molecular formula is C21H32N4O. The first-order chi connectivity index (χ1) is 12.6. The molecule has 0 radical (unpaired) electrons. The van der Waals surface area contributed by atoms with E-state index >= 15 is 0 Å². The number of nitrogens with zero attached hydrogens (tertiary/aromatic N) is 2. The minimum absolute atomic E-state index is 0.105. The molecule has 1 aliphatic rings. The van der Waals surface area contributed by atoms with Gasteiger partial charge in [-0.05, 0) is 37.6 Å². The summed E-state index contributed by atoms with van der Waals surface area (Å²) in [6.45, 7) is 7.35. The summed E-state index contributed by atoms with van der Waals surface area (Å²) < 4.78 is 0. The van der Waals surface area contributed by atoms with Crippen molar-refractivity contribution in [2.75, 3.05) is 25.0 Å². The molecule has 0 bridgehead atoms. The molecule has 2 N–H and O–H groups in total. The number of amides is 1. The second kappa shape index (κ2) is 10.2. The Morgan fingerprint density at radius 3 is 2.42 bits per heavy atom. The van der Waals surface area contributed by atoms with Crippen LogP contribution in [0.1, 0.15) is 57.9 Å². The smallest absolute Gasteiger partial charge is 0.240 e. The summed E-state index contributed by atoms with van der Waals surface area (Å²) in [5.74, 6) is -0.105. The van der Waals surface area contributed by atoms with E-state index in [0.717, 1.165) is 63.8 Å². The minimum Gasteiger partial charge on any atom is -0.376 e. The SMILES string of the molecule is CCN(CC)Cc1ccccc1NCC(=O)NC1(C#N)CCCCCC1. The fourth-order valence-corrected chi connectivity index (χ4v) is 3.60. The number of nitriles is 1. The Kier molecular flexibility index (Phi) is 7.93. The van der Waals surface area contributed by atoms with Gasteiger partial charge in [0.25, 0.3) is 0 Å². The van der Waals surface area contributed by atoms with E-state index in [9.17, 15) is 10.1 Å². The quantitative estimate of drug-likeness (QED) is 0.697. The van der Waals surface area contributed by atoms with Crippen molar-refractivity contribution in [1.82, 2.24) is 10.2 Å². The van der Waals surface area contributed by atoms with Crippen LogP contribution < -0.4 is 10.6 Å². The molecule has 0 aliphatic heterocycles. The second-order valence-electron chi connectivity index (χ2n) is 7.13. The van der Waals surface area contributed by atoms with Gasteiger partial charge in [-0.2, -0.15) is 5.26 Å². The second-order valence-corrected chi connectivity index (χ2v) is 7.13. The van der Waals surface area contributed by atoms with E-state index in [1.165, 1.54) is 5.56 Å². The summed E-state index contributed by atoms with van der Waals surface area (Å²) in [4.78, 5) is 14.8. The molecule has 26 heavy (non-hydrogen) atoms. The van der Waals surface area contributed by atoms with E-state index in [1.54, 1.807) is 0 Å². The molecule has 1 aromatic rings. The van der Waals surface area contributed by atoms with Crippen LogP contribution in [0.5, 0.6) is 0 Å². The van der Waals surface area contributed by atoms with Gasteiger partial charge in [-0.25, -0.2) is 0 Å². The maximum absolute atomic E-state index is 12.5. The van der Waals surface area contributed by atoms with Crippen molar-refractivity contribution < 1.29 is 4.79 Å². The normalized spacial score (nSPS) is 16.5. The Morgan fingerprint density at radius 1 is 1.15 bits per heavy atom. The third-order valence-electron chi connectivity index (χ3n) is 5.29. The number of hydrogen-bond acceptors (Lipinski definition) is 4. The molecule has 1 aliphatic carbocycles. The van der Waals surface area contributed by atoms with E-state index < -0.39 is 5.54 Å². The number of benzene rings is 1. The monoisotopic (exact) mass is 356 g/mol. The fourth-order valence-electron chi connectivity index (χ4n) is 3.60. The Labute approximate surface area is 157 Å². The molecule has 0 spiro atoms. The van der Waals surface area contributed by atoms with E-state index in [2.05, 4.69) is 41.5 Å². The zero-order valence-electron chi connectivity index (χ0n) is 16.2. The summed E-state index contributed by atoms with van der Waals surface area (Å²) in [7, 11) is 0. The van der Waals surface area contributed by atoms with Crippen molar-refractivity contribution in [3.05, 3.63) is 29.8 Å². The summed E-state index contributed by atoms with van der Waals surface area (Å²) in [6, 6.07) is 10.5. The maximum Gasteiger partial charge on any atom is 0.240 e. The molecule has 1 saturated carbocycles. The van der Waals surface area contributed by atoms with Crippen molar-refractivity contribution in [1.29, 1.82) is 5.26 Å². The van der Waals surface area contributed by atoms with Gasteiger partial charge in [0, 0.05) is 12.2 Å². The predicted octanol–water partition coefficient (Wildman–Crippen LogP) is 3.67. The molecule has 142 valence electrons. The van der Waals surface area contributed by atoms with Gasteiger partial charge in [-0.1, -0.05) is 57.7 Å². The van der Waals surface area contributed by atoms with Crippen LogP contribution >= 0.6 is 0 Å². The fraction of sp³-hybridized carbons (Fsp3) is 0.619. The van der Waals surface area contributed by atoms with Crippen LogP contribution in [0.3, 0.4) is 0 Å². The zero-order chi connectivity index (χ0) is 18.8. The molecule has 0 heterocycles. The molecule has 5 heteroatoms. The summed E-state index contributed by atoms with van der Waals surface area (Å²) >= 11 is 0. The first-order valence-electron chi connectivity index (χ1n) is 9.89. The van der Waals surface area contributed by atoms with Crippen LogP contribution in [0.2, 0.25) is 0 Å². The van der Waals surface area contributed by atoms with E-state index in [0.29, 0.717) is 0 Å². The van der Waals surface area contributed by atoms with Gasteiger partial charge in [0.2, 0.25) is 5.91 Å². The molecule has 1 fully saturated rings. The lowest BCUT2D eigenvalue weighted by Gasteiger charge is -2.26. The van der Waals surface area contributed by atoms with Crippen LogP contribution in [0.15, 0.2) is 24.3 Å². The highest BCUT2D eigenvalue weighted by atomic mass is 16.2. The third-order valence-corrected chi connectivity index (χ3v) is 5.29. The van der Waals surface area contributed by atoms with E-state index in [-0.39, 0.29) is 12.5 Å². The molecule has 0 unspecified atom stereocenters. The van der Waals surface area contributed by atoms with E-state index in [1.807, 2.05) is 18.2 Å². The summed E-state index contributed by atoms with van der Waals surface area (Å²) in [5, 5.41) is 15.9. The molecule has 1 amide bonds. The van der Waals surface area contributed by atoms with Gasteiger partial charge in [-0.15, -0.1) is 0 Å². The molecule has 0 atom stereocenters. The molecular weight excluding hydrogens is 324 g/mol. The van der Waals surface area contributed by atoms with Crippen molar-refractivity contribution in [3.63, 3.8) is 0 Å². The van der Waals surface area contributed by atoms with Crippen molar-refractivity contribution in [3.8, 4) is 6.07 Å². The maximum atomic E-state index is 12.5. The van der Waals surface area contributed by atoms with Crippen LogP contribution in [-0.4, -0.2) is 36.0 Å². The number of carbonyl (C=O) groups excluding carboxylic acids is 1. The molecule has 1 aromatic carbocycles. The number of rotatable bonds is 8. The molecule has 5 nitrogen and oxygen atoms in total. The lowest BCUT2D eigenvalue weighted by atomic mass is 9.92. The molecule has 0 saturated heterocycles. The lowest BCUT2D eigenvalue weighted by Crippen LogP contribution is -2.49. The van der Waals surface area contributed by atoms with Gasteiger partial charge >= 0.3 is 0 Å². The molecule has 0 aromatic heterocycles. The van der Waals surface area contributed by atoms with Crippen LogP contribution in [0, 0.1) is 11.3 Å². The van der Waals surface area contributed by atoms with E-state index in [4.69, 9.17) is 0 Å².